The van der Waals surface area contributed by atoms with Gasteiger partial charge < -0.3 is 28.6 Å². The molecule has 2 unspecified atom stereocenters. The van der Waals surface area contributed by atoms with Crippen LogP contribution in [0.4, 0.5) is 0 Å². The summed E-state index contributed by atoms with van der Waals surface area (Å²) in [5.41, 5.74) is 0. The zero-order valence-electron chi connectivity index (χ0n) is 35.0. The number of unbranched alkanes of at least 4 members (excludes halogenated alkanes) is 24. The van der Waals surface area contributed by atoms with Crippen LogP contribution in [0.1, 0.15) is 194 Å². The van der Waals surface area contributed by atoms with Gasteiger partial charge in [-0.25, -0.2) is 0 Å². The van der Waals surface area contributed by atoms with Gasteiger partial charge >= 0.3 is 0 Å². The van der Waals surface area contributed by atoms with Crippen molar-refractivity contribution in [1.29, 1.82) is 0 Å². The Kier molecular flexibility index (Phi) is 43.0. The summed E-state index contributed by atoms with van der Waals surface area (Å²) in [7, 11) is 5.67. The smallest absolute Gasteiger partial charge is 0.271 e. The van der Waals surface area contributed by atoms with Crippen molar-refractivity contribution in [2.24, 2.45) is 0 Å². The Labute approximate surface area is 319 Å². The number of allylic oxidation sites excluding steroid dienone is 4. The Balaban J connectivity index is 4.03. The average Bonchev–Trinajstić information content (AvgIpc) is 3.13. The Morgan fingerprint density at radius 2 is 0.843 bits per heavy atom. The maximum absolute atomic E-state index is 6.25. The molecule has 0 aliphatic heterocycles. The lowest BCUT2D eigenvalue weighted by atomic mass is 10.1. The van der Waals surface area contributed by atoms with E-state index in [4.69, 9.17) is 23.7 Å². The van der Waals surface area contributed by atoms with Crippen LogP contribution in [-0.4, -0.2) is 78.3 Å². The summed E-state index contributed by atoms with van der Waals surface area (Å²) < 4.78 is 29.4. The third-order valence-electron chi connectivity index (χ3n) is 9.52. The largest absolute Gasteiger partial charge is 0.379 e. The summed E-state index contributed by atoms with van der Waals surface area (Å²) in [5.74, 6) is 0. The normalized spacial score (nSPS) is 13.4. The number of hydrogen-bond acceptors (Lipinski definition) is 6. The monoisotopic (exact) mass is 724 g/mol. The van der Waals surface area contributed by atoms with Crippen molar-refractivity contribution in [2.75, 3.05) is 60.8 Å². The Bertz CT molecular complexity index is 700. The molecule has 0 aliphatic rings. The lowest BCUT2D eigenvalue weighted by Gasteiger charge is -2.22. The molecule has 0 saturated carbocycles. The van der Waals surface area contributed by atoms with Gasteiger partial charge in [-0.1, -0.05) is 154 Å². The standard InChI is InChI=1S/C45H89NO5/c1-6-8-10-12-14-16-18-20-22-24-26-28-30-32-34-36-39-48-42-44(43-51-45(47-5)50-41-38-46(3)4)49-40-37-35-33-31-29-27-25-23-21-19-17-15-13-11-9-7-2/h20-23,44-45H,6-19,24-43H2,1-5H3/b22-20-,23-21-. The van der Waals surface area contributed by atoms with Gasteiger partial charge in [-0.15, -0.1) is 0 Å². The third-order valence-corrected chi connectivity index (χ3v) is 9.52. The summed E-state index contributed by atoms with van der Waals surface area (Å²) in [6.45, 7) is 7.73. The summed E-state index contributed by atoms with van der Waals surface area (Å²) in [5, 5.41) is 0. The van der Waals surface area contributed by atoms with Gasteiger partial charge in [-0.3, -0.25) is 0 Å². The maximum Gasteiger partial charge on any atom is 0.271 e. The van der Waals surface area contributed by atoms with E-state index >= 15 is 0 Å². The number of hydrogen-bond donors (Lipinski definition) is 0. The molecule has 51 heavy (non-hydrogen) atoms. The minimum Gasteiger partial charge on any atom is -0.379 e. The van der Waals surface area contributed by atoms with Crippen molar-refractivity contribution >= 4 is 0 Å². The van der Waals surface area contributed by atoms with E-state index in [0.29, 0.717) is 19.8 Å². The second kappa shape index (κ2) is 43.6. The molecule has 304 valence electrons. The number of likely N-dealkylation sites (N-methyl/N-ethyl adjacent to an activating group) is 1. The highest BCUT2D eigenvalue weighted by molar-refractivity contribution is 4.82. The van der Waals surface area contributed by atoms with Crippen LogP contribution in [0.5, 0.6) is 0 Å². The van der Waals surface area contributed by atoms with E-state index in [-0.39, 0.29) is 6.10 Å². The lowest BCUT2D eigenvalue weighted by molar-refractivity contribution is -0.286. The summed E-state index contributed by atoms with van der Waals surface area (Å²) >= 11 is 0. The predicted octanol–water partition coefficient (Wildman–Crippen LogP) is 13.0. The molecule has 0 saturated heterocycles. The fourth-order valence-electron chi connectivity index (χ4n) is 6.11. The second-order valence-electron chi connectivity index (χ2n) is 15.0. The number of ether oxygens (including phenoxy) is 5. The molecule has 0 fully saturated rings. The van der Waals surface area contributed by atoms with Crippen LogP contribution in [0.25, 0.3) is 0 Å². The Hall–Kier alpha value is -0.760. The molecule has 0 aromatic heterocycles. The van der Waals surface area contributed by atoms with Crippen LogP contribution in [0.3, 0.4) is 0 Å². The third kappa shape index (κ3) is 41.9. The molecule has 0 heterocycles. The van der Waals surface area contributed by atoms with Crippen molar-refractivity contribution < 1.29 is 23.7 Å². The molecule has 0 radical (unpaired) electrons. The highest BCUT2D eigenvalue weighted by Crippen LogP contribution is 2.13. The molecular weight excluding hydrogens is 634 g/mol. The Morgan fingerprint density at radius 3 is 1.27 bits per heavy atom. The topological polar surface area (TPSA) is 49.4 Å². The molecule has 0 amide bonds. The van der Waals surface area contributed by atoms with Crippen molar-refractivity contribution in [3.63, 3.8) is 0 Å². The maximum atomic E-state index is 6.25. The zero-order chi connectivity index (χ0) is 37.1. The minimum atomic E-state index is -0.683. The van der Waals surface area contributed by atoms with Gasteiger partial charge in [0.2, 0.25) is 0 Å². The first kappa shape index (κ1) is 50.2. The summed E-state index contributed by atoms with van der Waals surface area (Å²) in [6, 6.07) is 0. The van der Waals surface area contributed by atoms with Crippen molar-refractivity contribution in [3.05, 3.63) is 24.3 Å². The van der Waals surface area contributed by atoms with E-state index in [1.807, 2.05) is 14.1 Å². The van der Waals surface area contributed by atoms with Crippen LogP contribution >= 0.6 is 0 Å². The molecular formula is C45H89NO5. The van der Waals surface area contributed by atoms with Gasteiger partial charge in [0.25, 0.3) is 6.48 Å². The SMILES string of the molecule is CCCCCCCC/C=C\CCCCCCCCOCC(COC(OC)OCCN(C)C)OCCCCCCCC/C=C\CCCCCCCC. The van der Waals surface area contributed by atoms with Crippen molar-refractivity contribution in [1.82, 2.24) is 4.90 Å². The van der Waals surface area contributed by atoms with Crippen LogP contribution in [-0.2, 0) is 23.7 Å². The van der Waals surface area contributed by atoms with Crippen molar-refractivity contribution in [3.8, 4) is 0 Å². The van der Waals surface area contributed by atoms with Gasteiger partial charge in [0.15, 0.2) is 0 Å². The average molecular weight is 724 g/mol. The van der Waals surface area contributed by atoms with E-state index in [9.17, 15) is 0 Å². The molecule has 0 aromatic carbocycles. The molecule has 6 nitrogen and oxygen atoms in total. The quantitative estimate of drug-likeness (QED) is 0.0355. The van der Waals surface area contributed by atoms with Crippen LogP contribution in [0, 0.1) is 0 Å². The molecule has 0 bridgehead atoms. The lowest BCUT2D eigenvalue weighted by Crippen LogP contribution is -2.32. The molecule has 6 heteroatoms. The summed E-state index contributed by atoms with van der Waals surface area (Å²) in [4.78, 5) is 2.08. The van der Waals surface area contributed by atoms with Gasteiger partial charge in [0.1, 0.15) is 6.10 Å². The van der Waals surface area contributed by atoms with Gasteiger partial charge in [-0.2, -0.15) is 0 Å². The van der Waals surface area contributed by atoms with E-state index < -0.39 is 6.48 Å². The molecule has 0 aromatic rings. The zero-order valence-corrected chi connectivity index (χ0v) is 35.0. The molecule has 0 rings (SSSR count). The van der Waals surface area contributed by atoms with Crippen molar-refractivity contribution in [2.45, 2.75) is 206 Å². The highest BCUT2D eigenvalue weighted by Gasteiger charge is 2.15. The van der Waals surface area contributed by atoms with E-state index in [0.717, 1.165) is 32.6 Å². The first-order valence-electron chi connectivity index (χ1n) is 22.0. The fraction of sp³-hybridized carbons (Fsp3) is 0.911. The summed E-state index contributed by atoms with van der Waals surface area (Å²) in [6.07, 6.45) is 46.3. The molecule has 0 spiro atoms. The Morgan fingerprint density at radius 1 is 0.431 bits per heavy atom. The van der Waals surface area contributed by atoms with Crippen LogP contribution < -0.4 is 0 Å². The first-order chi connectivity index (χ1) is 25.1. The number of methoxy groups -OCH3 is 1. The number of nitrogens with zero attached hydrogens (tertiary/aromatic N) is 1. The second-order valence-corrected chi connectivity index (χ2v) is 15.0. The molecule has 0 N–H and O–H groups in total. The fourth-order valence-corrected chi connectivity index (χ4v) is 6.11. The van der Waals surface area contributed by atoms with Crippen LogP contribution in [0.2, 0.25) is 0 Å². The highest BCUT2D eigenvalue weighted by atomic mass is 16.8. The van der Waals surface area contributed by atoms with E-state index in [1.165, 1.54) is 167 Å². The predicted molar refractivity (Wildman–Crippen MR) is 221 cm³/mol. The van der Waals surface area contributed by atoms with E-state index in [2.05, 4.69) is 43.1 Å². The van der Waals surface area contributed by atoms with Gasteiger partial charge in [-0.05, 0) is 78.3 Å². The number of rotatable bonds is 43. The minimum absolute atomic E-state index is 0.114. The van der Waals surface area contributed by atoms with E-state index in [1.54, 1.807) is 7.11 Å². The van der Waals surface area contributed by atoms with Crippen LogP contribution in [0.15, 0.2) is 24.3 Å². The molecule has 2 atom stereocenters. The molecule has 0 aliphatic carbocycles. The van der Waals surface area contributed by atoms with Gasteiger partial charge in [0.05, 0.1) is 19.8 Å². The first-order valence-corrected chi connectivity index (χ1v) is 22.0. The van der Waals surface area contributed by atoms with Gasteiger partial charge in [0, 0.05) is 26.9 Å².